The smallest absolute Gasteiger partial charge is 0.253 e. The topological polar surface area (TPSA) is 77.8 Å². The monoisotopic (exact) mass is 345 g/mol. The summed E-state index contributed by atoms with van der Waals surface area (Å²) in [5.41, 5.74) is 1.41. The SMILES string of the molecule is CC(=O)c1ccc(F)c(-c2cccc(C(=O)N(C)C[C@@H](O)CO)c2)c1. The van der Waals surface area contributed by atoms with Gasteiger partial charge in [-0.15, -0.1) is 0 Å². The average Bonchev–Trinajstić information content (AvgIpc) is 2.61. The van der Waals surface area contributed by atoms with Crippen molar-refractivity contribution in [1.82, 2.24) is 4.90 Å². The number of halogens is 1. The van der Waals surface area contributed by atoms with E-state index < -0.39 is 18.5 Å². The Morgan fingerprint density at radius 2 is 1.88 bits per heavy atom. The maximum Gasteiger partial charge on any atom is 0.253 e. The van der Waals surface area contributed by atoms with Crippen LogP contribution in [0.2, 0.25) is 0 Å². The number of benzene rings is 2. The van der Waals surface area contributed by atoms with Gasteiger partial charge in [0.1, 0.15) is 5.82 Å². The van der Waals surface area contributed by atoms with Gasteiger partial charge in [-0.05, 0) is 42.8 Å². The molecule has 0 unspecified atom stereocenters. The third-order valence-electron chi connectivity index (χ3n) is 3.84. The number of aliphatic hydroxyl groups is 2. The van der Waals surface area contributed by atoms with Gasteiger partial charge in [0.05, 0.1) is 12.7 Å². The van der Waals surface area contributed by atoms with E-state index in [9.17, 15) is 19.1 Å². The van der Waals surface area contributed by atoms with Crippen LogP contribution in [0.3, 0.4) is 0 Å². The number of Topliss-reactive ketones (excluding diaryl/α,β-unsaturated/α-hetero) is 1. The molecule has 1 amide bonds. The zero-order valence-electron chi connectivity index (χ0n) is 14.1. The molecule has 0 heterocycles. The molecule has 1 atom stereocenters. The van der Waals surface area contributed by atoms with E-state index in [1.54, 1.807) is 18.2 Å². The van der Waals surface area contributed by atoms with Crippen LogP contribution in [0.5, 0.6) is 0 Å². The van der Waals surface area contributed by atoms with E-state index in [1.165, 1.54) is 43.1 Å². The number of rotatable bonds is 6. The van der Waals surface area contributed by atoms with Gasteiger partial charge in [-0.25, -0.2) is 4.39 Å². The summed E-state index contributed by atoms with van der Waals surface area (Å²) in [6, 6.07) is 10.5. The van der Waals surface area contributed by atoms with Crippen molar-refractivity contribution in [2.75, 3.05) is 20.2 Å². The van der Waals surface area contributed by atoms with Crippen LogP contribution >= 0.6 is 0 Å². The van der Waals surface area contributed by atoms with Crippen LogP contribution < -0.4 is 0 Å². The second-order valence-electron chi connectivity index (χ2n) is 5.85. The maximum atomic E-state index is 14.2. The maximum absolute atomic E-state index is 14.2. The molecule has 2 aromatic rings. The number of amides is 1. The van der Waals surface area contributed by atoms with Gasteiger partial charge in [0.15, 0.2) is 5.78 Å². The lowest BCUT2D eigenvalue weighted by Crippen LogP contribution is -2.35. The van der Waals surface area contributed by atoms with Crippen molar-refractivity contribution in [2.24, 2.45) is 0 Å². The highest BCUT2D eigenvalue weighted by molar-refractivity contribution is 5.97. The van der Waals surface area contributed by atoms with Crippen molar-refractivity contribution in [3.63, 3.8) is 0 Å². The number of nitrogens with zero attached hydrogens (tertiary/aromatic N) is 1. The largest absolute Gasteiger partial charge is 0.394 e. The molecule has 0 bridgehead atoms. The first-order valence-electron chi connectivity index (χ1n) is 7.78. The van der Waals surface area contributed by atoms with E-state index in [1.807, 2.05) is 0 Å². The van der Waals surface area contributed by atoms with Gasteiger partial charge < -0.3 is 15.1 Å². The lowest BCUT2D eigenvalue weighted by molar-refractivity contribution is 0.0520. The van der Waals surface area contributed by atoms with Crippen molar-refractivity contribution in [3.8, 4) is 11.1 Å². The second-order valence-corrected chi connectivity index (χ2v) is 5.85. The standard InChI is InChI=1S/C19H20FNO4/c1-12(23)13-6-7-18(20)17(9-13)14-4-3-5-15(8-14)19(25)21(2)10-16(24)11-22/h3-9,16,22,24H,10-11H2,1-2H3/t16-/m1/s1. The highest BCUT2D eigenvalue weighted by atomic mass is 19.1. The summed E-state index contributed by atoms with van der Waals surface area (Å²) in [5.74, 6) is -1.03. The molecule has 0 aliphatic rings. The molecule has 2 N–H and O–H groups in total. The van der Waals surface area contributed by atoms with Crippen LogP contribution in [0.1, 0.15) is 27.6 Å². The van der Waals surface area contributed by atoms with Crippen LogP contribution in [-0.2, 0) is 0 Å². The Morgan fingerprint density at radius 3 is 2.52 bits per heavy atom. The third-order valence-corrected chi connectivity index (χ3v) is 3.84. The Hall–Kier alpha value is -2.57. The predicted molar refractivity (Wildman–Crippen MR) is 91.9 cm³/mol. The van der Waals surface area contributed by atoms with Crippen molar-refractivity contribution < 1.29 is 24.2 Å². The fraction of sp³-hybridized carbons (Fsp3) is 0.263. The van der Waals surface area contributed by atoms with Crippen LogP contribution in [0.25, 0.3) is 11.1 Å². The van der Waals surface area contributed by atoms with Gasteiger partial charge >= 0.3 is 0 Å². The number of aliphatic hydroxyl groups excluding tert-OH is 2. The Kier molecular flexibility index (Phi) is 6.01. The minimum absolute atomic E-state index is 0.0201. The van der Waals surface area contributed by atoms with E-state index in [4.69, 9.17) is 5.11 Å². The normalized spacial score (nSPS) is 11.9. The molecule has 0 saturated heterocycles. The summed E-state index contributed by atoms with van der Waals surface area (Å²) in [5, 5.41) is 18.3. The molecule has 132 valence electrons. The van der Waals surface area contributed by atoms with E-state index in [-0.39, 0.29) is 23.8 Å². The molecule has 2 rings (SSSR count). The van der Waals surface area contributed by atoms with Gasteiger partial charge in [-0.2, -0.15) is 0 Å². The fourth-order valence-electron chi connectivity index (χ4n) is 2.46. The first-order valence-corrected chi connectivity index (χ1v) is 7.78. The molecule has 0 aliphatic carbocycles. The zero-order valence-corrected chi connectivity index (χ0v) is 14.1. The molecule has 0 aromatic heterocycles. The number of ketones is 1. The molecule has 6 heteroatoms. The Balaban J connectivity index is 2.35. The summed E-state index contributed by atoms with van der Waals surface area (Å²) in [6.07, 6.45) is -1.03. The van der Waals surface area contributed by atoms with Gasteiger partial charge in [-0.1, -0.05) is 12.1 Å². The van der Waals surface area contributed by atoms with Crippen molar-refractivity contribution in [2.45, 2.75) is 13.0 Å². The van der Waals surface area contributed by atoms with Crippen molar-refractivity contribution in [3.05, 3.63) is 59.4 Å². The van der Waals surface area contributed by atoms with Crippen molar-refractivity contribution >= 4 is 11.7 Å². The molecular weight excluding hydrogens is 325 g/mol. The molecule has 0 aliphatic heterocycles. The van der Waals surface area contributed by atoms with Crippen LogP contribution in [0, 0.1) is 5.82 Å². The molecule has 0 saturated carbocycles. The minimum atomic E-state index is -1.03. The Bertz CT molecular complexity index is 791. The fourth-order valence-corrected chi connectivity index (χ4v) is 2.46. The predicted octanol–water partition coefficient (Wildman–Crippen LogP) is 2.12. The lowest BCUT2D eigenvalue weighted by atomic mass is 9.99. The first kappa shape index (κ1) is 18.8. The molecule has 5 nitrogen and oxygen atoms in total. The Labute approximate surface area is 145 Å². The second kappa shape index (κ2) is 8.00. The number of likely N-dealkylation sites (N-methyl/N-ethyl adjacent to an activating group) is 1. The molecule has 2 aromatic carbocycles. The van der Waals surface area contributed by atoms with Gasteiger partial charge in [0.2, 0.25) is 0 Å². The van der Waals surface area contributed by atoms with Crippen molar-refractivity contribution in [1.29, 1.82) is 0 Å². The van der Waals surface area contributed by atoms with E-state index in [2.05, 4.69) is 0 Å². The molecular formula is C19H20FNO4. The van der Waals surface area contributed by atoms with Gasteiger partial charge in [0, 0.05) is 30.3 Å². The summed E-state index contributed by atoms with van der Waals surface area (Å²) >= 11 is 0. The number of hydrogen-bond acceptors (Lipinski definition) is 4. The summed E-state index contributed by atoms with van der Waals surface area (Å²) < 4.78 is 14.2. The summed E-state index contributed by atoms with van der Waals surface area (Å²) in [7, 11) is 1.50. The number of hydrogen-bond donors (Lipinski definition) is 2. The number of carbonyl (C=O) groups is 2. The summed E-state index contributed by atoms with van der Waals surface area (Å²) in [6.45, 7) is 0.937. The Morgan fingerprint density at radius 1 is 1.16 bits per heavy atom. The van der Waals surface area contributed by atoms with E-state index >= 15 is 0 Å². The lowest BCUT2D eigenvalue weighted by Gasteiger charge is -2.20. The summed E-state index contributed by atoms with van der Waals surface area (Å²) in [4.78, 5) is 25.2. The van der Waals surface area contributed by atoms with Gasteiger partial charge in [0.25, 0.3) is 5.91 Å². The van der Waals surface area contributed by atoms with Gasteiger partial charge in [-0.3, -0.25) is 9.59 Å². The quantitative estimate of drug-likeness (QED) is 0.786. The average molecular weight is 345 g/mol. The highest BCUT2D eigenvalue weighted by Gasteiger charge is 2.16. The van der Waals surface area contributed by atoms with Crippen LogP contribution in [-0.4, -0.2) is 53.1 Å². The molecule has 0 radical (unpaired) electrons. The van der Waals surface area contributed by atoms with Crippen LogP contribution in [0.15, 0.2) is 42.5 Å². The highest BCUT2D eigenvalue weighted by Crippen LogP contribution is 2.25. The zero-order chi connectivity index (χ0) is 18.6. The molecule has 0 fully saturated rings. The number of carbonyl (C=O) groups excluding carboxylic acids is 2. The van der Waals surface area contributed by atoms with Crippen LogP contribution in [0.4, 0.5) is 4.39 Å². The van der Waals surface area contributed by atoms with E-state index in [0.29, 0.717) is 16.7 Å². The van der Waals surface area contributed by atoms with E-state index in [0.717, 1.165) is 0 Å². The third kappa shape index (κ3) is 4.49. The molecule has 25 heavy (non-hydrogen) atoms. The molecule has 0 spiro atoms. The minimum Gasteiger partial charge on any atom is -0.394 e. The first-order chi connectivity index (χ1) is 11.8.